The molecule has 0 atom stereocenters. The van der Waals surface area contributed by atoms with E-state index in [0.29, 0.717) is 31.8 Å². The highest BCUT2D eigenvalue weighted by Crippen LogP contribution is 2.27. The molecule has 0 amide bonds. The van der Waals surface area contributed by atoms with Gasteiger partial charge in [0.05, 0.1) is 6.61 Å². The van der Waals surface area contributed by atoms with Crippen molar-refractivity contribution < 1.29 is 17.9 Å². The fraction of sp³-hybridized carbons (Fsp3) is 0.429. The Morgan fingerprint density at radius 3 is 2.67 bits per heavy atom. The van der Waals surface area contributed by atoms with Crippen molar-refractivity contribution in [2.75, 3.05) is 26.9 Å². The molecule has 0 unspecified atom stereocenters. The van der Waals surface area contributed by atoms with Crippen molar-refractivity contribution >= 4 is 30.6 Å². The maximum absolute atomic E-state index is 11.6. The molecule has 1 aromatic heterocycles. The van der Waals surface area contributed by atoms with Gasteiger partial charge in [-0.2, -0.15) is 0 Å². The number of aromatic nitrogens is 1. The molecule has 21 heavy (non-hydrogen) atoms. The number of hydrogen-bond donors (Lipinski definition) is 0. The predicted octanol–water partition coefficient (Wildman–Crippen LogP) is 2.62. The molecule has 0 spiro atoms. The minimum atomic E-state index is -3.76. The largest absolute Gasteiger partial charge is 0.385 e. The Kier molecular flexibility index (Phi) is 5.64. The Hall–Kier alpha value is -1.08. The highest BCUT2D eigenvalue weighted by molar-refractivity contribution is 8.14. The summed E-state index contributed by atoms with van der Waals surface area (Å²) in [5.41, 5.74) is 0.831. The summed E-state index contributed by atoms with van der Waals surface area (Å²) in [4.78, 5) is 0.138. The summed E-state index contributed by atoms with van der Waals surface area (Å²) < 4.78 is 35.5. The SMILES string of the molecule is COCCCOCCn1cc(S(=O)(=O)Cl)c2ccccc21. The molecule has 2 aromatic rings. The molecule has 0 saturated heterocycles. The molecule has 0 radical (unpaired) electrons. The summed E-state index contributed by atoms with van der Waals surface area (Å²) in [5, 5.41) is 0.631. The third kappa shape index (κ3) is 4.20. The maximum Gasteiger partial charge on any atom is 0.263 e. The molecule has 0 aliphatic heterocycles. The van der Waals surface area contributed by atoms with E-state index in [1.54, 1.807) is 25.4 Å². The van der Waals surface area contributed by atoms with Gasteiger partial charge in [-0.25, -0.2) is 8.42 Å². The molecule has 0 N–H and O–H groups in total. The minimum Gasteiger partial charge on any atom is -0.385 e. The van der Waals surface area contributed by atoms with Gasteiger partial charge in [-0.05, 0) is 12.5 Å². The lowest BCUT2D eigenvalue weighted by atomic mass is 10.2. The van der Waals surface area contributed by atoms with Crippen LogP contribution < -0.4 is 0 Å². The average molecular weight is 332 g/mol. The molecule has 0 fully saturated rings. The van der Waals surface area contributed by atoms with Crippen LogP contribution in [-0.2, 0) is 25.1 Å². The van der Waals surface area contributed by atoms with Crippen molar-refractivity contribution in [3.05, 3.63) is 30.5 Å². The summed E-state index contributed by atoms with van der Waals surface area (Å²) in [6, 6.07) is 7.27. The van der Waals surface area contributed by atoms with Crippen molar-refractivity contribution in [3.8, 4) is 0 Å². The van der Waals surface area contributed by atoms with Gasteiger partial charge >= 0.3 is 0 Å². The van der Waals surface area contributed by atoms with Crippen LogP contribution in [-0.4, -0.2) is 39.9 Å². The number of halogens is 1. The van der Waals surface area contributed by atoms with Gasteiger partial charge in [0.25, 0.3) is 9.05 Å². The maximum atomic E-state index is 11.6. The Balaban J connectivity index is 2.10. The Labute approximate surface area is 128 Å². The zero-order valence-corrected chi connectivity index (χ0v) is 13.4. The standard InChI is InChI=1S/C14H18ClNO4S/c1-19-8-4-9-20-10-7-16-11-14(21(15,17)18)12-5-2-3-6-13(12)16/h2-3,5-6,11H,4,7-10H2,1H3. The zero-order valence-electron chi connectivity index (χ0n) is 11.8. The fourth-order valence-electron chi connectivity index (χ4n) is 2.16. The van der Waals surface area contributed by atoms with Gasteiger partial charge in [0.2, 0.25) is 0 Å². The Morgan fingerprint density at radius 1 is 1.19 bits per heavy atom. The number of methoxy groups -OCH3 is 1. The van der Waals surface area contributed by atoms with Crippen molar-refractivity contribution in [2.45, 2.75) is 17.9 Å². The predicted molar refractivity (Wildman–Crippen MR) is 82.3 cm³/mol. The van der Waals surface area contributed by atoms with Gasteiger partial charge in [0, 0.05) is 54.7 Å². The van der Waals surface area contributed by atoms with E-state index in [1.165, 1.54) is 0 Å². The summed E-state index contributed by atoms with van der Waals surface area (Å²) >= 11 is 0. The first kappa shape index (κ1) is 16.3. The third-order valence-electron chi connectivity index (χ3n) is 3.13. The average Bonchev–Trinajstić information content (AvgIpc) is 2.82. The number of hydrogen-bond acceptors (Lipinski definition) is 4. The van der Waals surface area contributed by atoms with Gasteiger partial charge in [0.1, 0.15) is 4.90 Å². The Morgan fingerprint density at radius 2 is 1.95 bits per heavy atom. The van der Waals surface area contributed by atoms with E-state index in [2.05, 4.69) is 0 Å². The number of ether oxygens (including phenoxy) is 2. The fourth-order valence-corrected chi connectivity index (χ4v) is 3.22. The highest BCUT2D eigenvalue weighted by atomic mass is 35.7. The highest BCUT2D eigenvalue weighted by Gasteiger charge is 2.18. The van der Waals surface area contributed by atoms with E-state index >= 15 is 0 Å². The van der Waals surface area contributed by atoms with Gasteiger partial charge < -0.3 is 14.0 Å². The van der Waals surface area contributed by atoms with E-state index in [0.717, 1.165) is 11.9 Å². The first-order valence-corrected chi connectivity index (χ1v) is 8.94. The van der Waals surface area contributed by atoms with Crippen LogP contribution in [0, 0.1) is 0 Å². The normalized spacial score (nSPS) is 12.1. The van der Waals surface area contributed by atoms with Gasteiger partial charge in [-0.15, -0.1) is 0 Å². The molecule has 5 nitrogen and oxygen atoms in total. The van der Waals surface area contributed by atoms with Gasteiger partial charge in [0.15, 0.2) is 0 Å². The summed E-state index contributed by atoms with van der Waals surface area (Å²) in [5.74, 6) is 0. The van der Waals surface area contributed by atoms with Crippen molar-refractivity contribution in [2.24, 2.45) is 0 Å². The smallest absolute Gasteiger partial charge is 0.263 e. The van der Waals surface area contributed by atoms with Crippen molar-refractivity contribution in [3.63, 3.8) is 0 Å². The number of nitrogens with zero attached hydrogens (tertiary/aromatic N) is 1. The van der Waals surface area contributed by atoms with Crippen LogP contribution in [0.5, 0.6) is 0 Å². The molecule has 1 heterocycles. The van der Waals surface area contributed by atoms with Crippen molar-refractivity contribution in [1.82, 2.24) is 4.57 Å². The molecule has 0 aliphatic carbocycles. The van der Waals surface area contributed by atoms with Crippen LogP contribution in [0.25, 0.3) is 10.9 Å². The van der Waals surface area contributed by atoms with Gasteiger partial charge in [-0.3, -0.25) is 0 Å². The first-order valence-electron chi connectivity index (χ1n) is 6.63. The van der Waals surface area contributed by atoms with Gasteiger partial charge in [-0.1, -0.05) is 18.2 Å². The number of fused-ring (bicyclic) bond motifs is 1. The lowest BCUT2D eigenvalue weighted by Gasteiger charge is -2.06. The molecular formula is C14H18ClNO4S. The topological polar surface area (TPSA) is 57.5 Å². The van der Waals surface area contributed by atoms with E-state index < -0.39 is 9.05 Å². The number of benzene rings is 1. The van der Waals surface area contributed by atoms with Crippen molar-refractivity contribution in [1.29, 1.82) is 0 Å². The monoisotopic (exact) mass is 331 g/mol. The molecule has 0 aliphatic rings. The summed E-state index contributed by atoms with van der Waals surface area (Å²) in [7, 11) is 3.38. The minimum absolute atomic E-state index is 0.138. The molecule has 7 heteroatoms. The van der Waals surface area contributed by atoms with Crippen LogP contribution in [0.1, 0.15) is 6.42 Å². The zero-order chi connectivity index (χ0) is 15.3. The molecule has 0 saturated carbocycles. The second-order valence-electron chi connectivity index (χ2n) is 4.60. The van der Waals surface area contributed by atoms with Crippen LogP contribution in [0.3, 0.4) is 0 Å². The van der Waals surface area contributed by atoms with E-state index in [1.807, 2.05) is 16.7 Å². The second-order valence-corrected chi connectivity index (χ2v) is 7.13. The van der Waals surface area contributed by atoms with Crippen LogP contribution >= 0.6 is 10.7 Å². The molecule has 116 valence electrons. The third-order valence-corrected chi connectivity index (χ3v) is 4.48. The quantitative estimate of drug-likeness (QED) is 0.551. The molecule has 1 aromatic carbocycles. The molecule has 2 rings (SSSR count). The van der Waals surface area contributed by atoms with Crippen LogP contribution in [0.4, 0.5) is 0 Å². The van der Waals surface area contributed by atoms with Crippen LogP contribution in [0.2, 0.25) is 0 Å². The lowest BCUT2D eigenvalue weighted by molar-refractivity contribution is 0.0981. The van der Waals surface area contributed by atoms with E-state index in [4.69, 9.17) is 20.2 Å². The van der Waals surface area contributed by atoms with E-state index in [-0.39, 0.29) is 4.90 Å². The number of rotatable bonds is 8. The summed E-state index contributed by atoms with van der Waals surface area (Å²) in [6.07, 6.45) is 2.40. The number of para-hydroxylation sites is 1. The lowest BCUT2D eigenvalue weighted by Crippen LogP contribution is -2.07. The first-order chi connectivity index (χ1) is 10.0. The van der Waals surface area contributed by atoms with Crippen LogP contribution in [0.15, 0.2) is 35.4 Å². The Bertz CT molecular complexity index is 696. The molecule has 0 bridgehead atoms. The second kappa shape index (κ2) is 7.26. The molecular weight excluding hydrogens is 314 g/mol. The van der Waals surface area contributed by atoms with E-state index in [9.17, 15) is 8.42 Å². The summed E-state index contributed by atoms with van der Waals surface area (Å²) in [6.45, 7) is 2.36.